The first-order chi connectivity index (χ1) is 11.1. The molecule has 1 aliphatic heterocycles. The van der Waals surface area contributed by atoms with Gasteiger partial charge in [0.25, 0.3) is 5.91 Å². The molecule has 1 fully saturated rings. The van der Waals surface area contributed by atoms with Crippen LogP contribution in [-0.4, -0.2) is 61.7 Å². The Kier molecular flexibility index (Phi) is 6.15. The normalized spacial score (nSPS) is 17.5. The molecule has 1 aliphatic rings. The van der Waals surface area contributed by atoms with Crippen molar-refractivity contribution in [1.82, 2.24) is 4.90 Å². The van der Waals surface area contributed by atoms with Crippen LogP contribution in [0.5, 0.6) is 11.5 Å². The minimum absolute atomic E-state index is 0.222. The molecule has 7 heteroatoms. The van der Waals surface area contributed by atoms with Gasteiger partial charge in [-0.15, -0.1) is 0 Å². The van der Waals surface area contributed by atoms with Crippen LogP contribution in [0.4, 0.5) is 0 Å². The van der Waals surface area contributed by atoms with Crippen LogP contribution >= 0.6 is 11.8 Å². The lowest BCUT2D eigenvalue weighted by molar-refractivity contribution is -0.147. The maximum atomic E-state index is 12.9. The molecule has 1 heterocycles. The third-order valence-corrected chi connectivity index (χ3v) is 4.57. The van der Waals surface area contributed by atoms with Crippen LogP contribution in [0.2, 0.25) is 0 Å². The Morgan fingerprint density at radius 2 is 1.87 bits per heavy atom. The zero-order valence-corrected chi connectivity index (χ0v) is 14.4. The largest absolute Gasteiger partial charge is 0.497 e. The molecule has 1 atom stereocenters. The van der Waals surface area contributed by atoms with E-state index >= 15 is 0 Å². The number of amides is 1. The first-order valence-corrected chi connectivity index (χ1v) is 8.54. The van der Waals surface area contributed by atoms with Crippen LogP contribution in [-0.2, 0) is 9.53 Å². The maximum Gasteiger partial charge on any atom is 0.329 e. The molecule has 1 saturated heterocycles. The highest BCUT2D eigenvalue weighted by molar-refractivity contribution is 7.99. The fourth-order valence-corrected chi connectivity index (χ4v) is 3.41. The molecule has 0 spiro atoms. The lowest BCUT2D eigenvalue weighted by Gasteiger charge is -2.33. The summed E-state index contributed by atoms with van der Waals surface area (Å²) < 4.78 is 15.5. The number of thioether (sulfide) groups is 1. The number of carbonyl (C=O) groups is 2. The molecule has 23 heavy (non-hydrogen) atoms. The summed E-state index contributed by atoms with van der Waals surface area (Å²) in [5, 5.41) is 0. The molecule has 1 aromatic rings. The molecular weight excluding hydrogens is 318 g/mol. The van der Waals surface area contributed by atoms with E-state index < -0.39 is 6.04 Å². The van der Waals surface area contributed by atoms with Crippen LogP contribution in [0, 0.1) is 0 Å². The predicted molar refractivity (Wildman–Crippen MR) is 88.3 cm³/mol. The molecule has 0 aromatic heterocycles. The first-order valence-electron chi connectivity index (χ1n) is 7.39. The van der Waals surface area contributed by atoms with Crippen molar-refractivity contribution in [2.24, 2.45) is 0 Å². The molecule has 1 unspecified atom stereocenters. The van der Waals surface area contributed by atoms with Crippen molar-refractivity contribution in [2.45, 2.75) is 13.0 Å². The number of hydrogen-bond acceptors (Lipinski definition) is 6. The Morgan fingerprint density at radius 3 is 2.43 bits per heavy atom. The third kappa shape index (κ3) is 4.10. The molecule has 126 valence electrons. The number of ether oxygens (including phenoxy) is 3. The number of carbonyl (C=O) groups excluding carboxylic acids is 2. The smallest absolute Gasteiger partial charge is 0.329 e. The highest BCUT2D eigenvalue weighted by Crippen LogP contribution is 2.26. The van der Waals surface area contributed by atoms with Crippen LogP contribution < -0.4 is 9.47 Å². The number of esters is 1. The minimum Gasteiger partial charge on any atom is -0.497 e. The molecule has 1 aromatic carbocycles. The van der Waals surface area contributed by atoms with Gasteiger partial charge in [-0.1, -0.05) is 0 Å². The monoisotopic (exact) mass is 339 g/mol. The van der Waals surface area contributed by atoms with Gasteiger partial charge in [0.15, 0.2) is 0 Å². The molecule has 1 amide bonds. The highest BCUT2D eigenvalue weighted by Gasteiger charge is 2.34. The lowest BCUT2D eigenvalue weighted by Crippen LogP contribution is -2.51. The van der Waals surface area contributed by atoms with E-state index in [9.17, 15) is 9.59 Å². The molecule has 0 aliphatic carbocycles. The lowest BCUT2D eigenvalue weighted by atomic mass is 10.1. The van der Waals surface area contributed by atoms with Crippen molar-refractivity contribution < 1.29 is 23.8 Å². The Balaban J connectivity index is 2.27. The van der Waals surface area contributed by atoms with E-state index in [2.05, 4.69) is 0 Å². The van der Waals surface area contributed by atoms with Gasteiger partial charge in [0.2, 0.25) is 0 Å². The number of benzene rings is 1. The van der Waals surface area contributed by atoms with Gasteiger partial charge in [-0.3, -0.25) is 4.79 Å². The van der Waals surface area contributed by atoms with Crippen LogP contribution in [0.1, 0.15) is 17.3 Å². The minimum atomic E-state index is -0.557. The molecule has 0 bridgehead atoms. The van der Waals surface area contributed by atoms with Crippen molar-refractivity contribution in [2.75, 3.05) is 38.9 Å². The fraction of sp³-hybridized carbons (Fsp3) is 0.500. The van der Waals surface area contributed by atoms with Gasteiger partial charge in [0.1, 0.15) is 17.5 Å². The van der Waals surface area contributed by atoms with Gasteiger partial charge in [0.05, 0.1) is 20.8 Å². The summed E-state index contributed by atoms with van der Waals surface area (Å²) >= 11 is 1.64. The Labute approximate surface area is 140 Å². The molecule has 0 saturated carbocycles. The van der Waals surface area contributed by atoms with E-state index in [4.69, 9.17) is 14.2 Å². The van der Waals surface area contributed by atoms with Crippen molar-refractivity contribution in [3.05, 3.63) is 23.8 Å². The van der Waals surface area contributed by atoms with Crippen LogP contribution in [0.3, 0.4) is 0 Å². The summed E-state index contributed by atoms with van der Waals surface area (Å²) in [4.78, 5) is 26.5. The summed E-state index contributed by atoms with van der Waals surface area (Å²) in [5.74, 6) is 1.83. The molecule has 0 radical (unpaired) electrons. The number of nitrogens with zero attached hydrogens (tertiary/aromatic N) is 1. The Bertz CT molecular complexity index is 555. The fourth-order valence-electron chi connectivity index (χ4n) is 2.38. The van der Waals surface area contributed by atoms with Gasteiger partial charge < -0.3 is 19.1 Å². The number of hydrogen-bond donors (Lipinski definition) is 0. The predicted octanol–water partition coefficient (Wildman–Crippen LogP) is 1.82. The second-order valence-electron chi connectivity index (χ2n) is 4.94. The van der Waals surface area contributed by atoms with Gasteiger partial charge in [-0.2, -0.15) is 11.8 Å². The Hall–Kier alpha value is -1.89. The second kappa shape index (κ2) is 8.10. The van der Waals surface area contributed by atoms with Crippen molar-refractivity contribution in [3.8, 4) is 11.5 Å². The van der Waals surface area contributed by atoms with Crippen molar-refractivity contribution in [1.29, 1.82) is 0 Å². The summed E-state index contributed by atoms with van der Waals surface area (Å²) in [5.41, 5.74) is 0.433. The van der Waals surface area contributed by atoms with E-state index in [1.807, 2.05) is 0 Å². The average molecular weight is 339 g/mol. The number of methoxy groups -OCH3 is 2. The summed E-state index contributed by atoms with van der Waals surface area (Å²) in [6.07, 6.45) is 0. The average Bonchev–Trinajstić information content (AvgIpc) is 2.60. The van der Waals surface area contributed by atoms with Crippen LogP contribution in [0.25, 0.3) is 0 Å². The molecular formula is C16H21NO5S. The molecule has 0 N–H and O–H groups in total. The van der Waals surface area contributed by atoms with E-state index in [1.165, 1.54) is 14.2 Å². The third-order valence-electron chi connectivity index (χ3n) is 3.55. The topological polar surface area (TPSA) is 65.1 Å². The summed E-state index contributed by atoms with van der Waals surface area (Å²) in [6.45, 7) is 2.56. The van der Waals surface area contributed by atoms with E-state index in [0.717, 1.165) is 5.75 Å². The first kappa shape index (κ1) is 17.5. The Morgan fingerprint density at radius 1 is 1.22 bits per heavy atom. The SMILES string of the molecule is CCOC(=O)C1CSCCN1C(=O)c1cc(OC)cc(OC)c1. The zero-order chi connectivity index (χ0) is 16.8. The molecule has 6 nitrogen and oxygen atoms in total. The summed E-state index contributed by atoms with van der Waals surface area (Å²) in [6, 6.07) is 4.44. The number of rotatable bonds is 5. The van der Waals surface area contributed by atoms with Gasteiger partial charge >= 0.3 is 5.97 Å². The van der Waals surface area contributed by atoms with E-state index in [-0.39, 0.29) is 11.9 Å². The molecule has 2 rings (SSSR count). The summed E-state index contributed by atoms with van der Waals surface area (Å²) in [7, 11) is 3.06. The van der Waals surface area contributed by atoms with E-state index in [0.29, 0.717) is 36.0 Å². The van der Waals surface area contributed by atoms with Crippen molar-refractivity contribution in [3.63, 3.8) is 0 Å². The van der Waals surface area contributed by atoms with Crippen molar-refractivity contribution >= 4 is 23.6 Å². The second-order valence-corrected chi connectivity index (χ2v) is 6.09. The highest BCUT2D eigenvalue weighted by atomic mass is 32.2. The van der Waals surface area contributed by atoms with Gasteiger partial charge in [0, 0.05) is 29.7 Å². The zero-order valence-electron chi connectivity index (χ0n) is 13.5. The van der Waals surface area contributed by atoms with E-state index in [1.54, 1.807) is 41.8 Å². The standard InChI is InChI=1S/C16H21NO5S/c1-4-22-16(19)14-10-23-6-5-17(14)15(18)11-7-12(20-2)9-13(8-11)21-3/h7-9,14H,4-6,10H2,1-3H3. The maximum absolute atomic E-state index is 12.9. The van der Waals surface area contributed by atoms with Gasteiger partial charge in [-0.25, -0.2) is 4.79 Å². The quantitative estimate of drug-likeness (QED) is 0.763. The van der Waals surface area contributed by atoms with Crippen LogP contribution in [0.15, 0.2) is 18.2 Å². The van der Waals surface area contributed by atoms with Gasteiger partial charge in [-0.05, 0) is 19.1 Å².